The van der Waals surface area contributed by atoms with Crippen LogP contribution in [0.3, 0.4) is 0 Å². The molecule has 6 nitrogen and oxygen atoms in total. The van der Waals surface area contributed by atoms with Crippen molar-refractivity contribution in [1.29, 1.82) is 0 Å². The second-order valence-corrected chi connectivity index (χ2v) is 6.04. The number of carbonyl (C=O) groups excluding carboxylic acids is 2. The number of hydrogen-bond donors (Lipinski definition) is 2. The molecule has 1 aliphatic rings. The summed E-state index contributed by atoms with van der Waals surface area (Å²) in [6, 6.07) is 6.83. The summed E-state index contributed by atoms with van der Waals surface area (Å²) in [6.07, 6.45) is -0.988. The fraction of sp³-hybridized carbons (Fsp3) is 0.467. The molecule has 1 aromatic rings. The summed E-state index contributed by atoms with van der Waals surface area (Å²) in [5.74, 6) is -0.102. The van der Waals surface area contributed by atoms with Crippen molar-refractivity contribution in [2.75, 3.05) is 16.8 Å². The molecular formula is C15H20N2O4. The van der Waals surface area contributed by atoms with Gasteiger partial charge in [-0.1, -0.05) is 0 Å². The number of nitrogens with one attached hydrogen (secondary N) is 1. The van der Waals surface area contributed by atoms with E-state index in [0.717, 1.165) is 0 Å². The Balaban J connectivity index is 1.99. The minimum atomic E-state index is -0.614. The maximum atomic E-state index is 11.7. The van der Waals surface area contributed by atoms with Gasteiger partial charge in [-0.05, 0) is 45.0 Å². The Morgan fingerprint density at radius 1 is 1.33 bits per heavy atom. The van der Waals surface area contributed by atoms with Crippen molar-refractivity contribution in [3.8, 4) is 0 Å². The van der Waals surface area contributed by atoms with Gasteiger partial charge in [0.25, 0.3) is 0 Å². The number of hydrogen-bond acceptors (Lipinski definition) is 4. The minimum absolute atomic E-state index is 0.102. The predicted octanol–water partition coefficient (Wildman–Crippen LogP) is 2.13. The first-order valence-electron chi connectivity index (χ1n) is 6.83. The van der Waals surface area contributed by atoms with Gasteiger partial charge in [0.1, 0.15) is 5.60 Å². The summed E-state index contributed by atoms with van der Waals surface area (Å²) in [6.45, 7) is 5.68. The van der Waals surface area contributed by atoms with Crippen molar-refractivity contribution in [2.24, 2.45) is 0 Å². The molecule has 0 radical (unpaired) electrons. The standard InChI is InChI=1S/C15H20N2O4/c1-15(2,3)21-14(20)16-10-4-6-11(7-5-10)17-9-12(18)8-13(17)19/h4-7,12,18H,8-9H2,1-3H3,(H,16,20). The van der Waals surface area contributed by atoms with Crippen molar-refractivity contribution in [1.82, 2.24) is 0 Å². The third-order valence-electron chi connectivity index (χ3n) is 2.93. The highest BCUT2D eigenvalue weighted by Crippen LogP contribution is 2.23. The summed E-state index contributed by atoms with van der Waals surface area (Å²) in [5, 5.41) is 12.1. The number of benzene rings is 1. The molecule has 1 aromatic carbocycles. The molecule has 2 rings (SSSR count). The van der Waals surface area contributed by atoms with Gasteiger partial charge >= 0.3 is 6.09 Å². The van der Waals surface area contributed by atoms with E-state index in [0.29, 0.717) is 17.9 Å². The van der Waals surface area contributed by atoms with Crippen LogP contribution in [-0.4, -0.2) is 35.4 Å². The highest BCUT2D eigenvalue weighted by Gasteiger charge is 2.28. The summed E-state index contributed by atoms with van der Waals surface area (Å²) in [4.78, 5) is 24.8. The smallest absolute Gasteiger partial charge is 0.412 e. The summed E-state index contributed by atoms with van der Waals surface area (Å²) >= 11 is 0. The largest absolute Gasteiger partial charge is 0.444 e. The lowest BCUT2D eigenvalue weighted by Crippen LogP contribution is -2.27. The van der Waals surface area contributed by atoms with Crippen LogP contribution >= 0.6 is 0 Å². The van der Waals surface area contributed by atoms with Crippen LogP contribution in [0.1, 0.15) is 27.2 Å². The number of carbonyl (C=O) groups is 2. The molecule has 2 amide bonds. The summed E-state index contributed by atoms with van der Waals surface area (Å²) < 4.78 is 5.16. The molecule has 0 bridgehead atoms. The molecule has 2 N–H and O–H groups in total. The van der Waals surface area contributed by atoms with Gasteiger partial charge in [-0.15, -0.1) is 0 Å². The lowest BCUT2D eigenvalue weighted by atomic mass is 10.2. The Bertz CT molecular complexity index is 534. The van der Waals surface area contributed by atoms with Crippen LogP contribution in [0.2, 0.25) is 0 Å². The van der Waals surface area contributed by atoms with E-state index in [2.05, 4.69) is 5.32 Å². The van der Waals surface area contributed by atoms with Gasteiger partial charge in [-0.25, -0.2) is 4.79 Å². The van der Waals surface area contributed by atoms with E-state index >= 15 is 0 Å². The van der Waals surface area contributed by atoms with E-state index < -0.39 is 17.8 Å². The van der Waals surface area contributed by atoms with Gasteiger partial charge in [0.15, 0.2) is 0 Å². The lowest BCUT2D eigenvalue weighted by molar-refractivity contribution is -0.117. The number of ether oxygens (including phenoxy) is 1. The molecule has 0 spiro atoms. The zero-order valence-corrected chi connectivity index (χ0v) is 12.4. The van der Waals surface area contributed by atoms with Crippen LogP contribution in [-0.2, 0) is 9.53 Å². The zero-order valence-electron chi connectivity index (χ0n) is 12.4. The monoisotopic (exact) mass is 292 g/mol. The van der Waals surface area contributed by atoms with Gasteiger partial charge in [0, 0.05) is 11.4 Å². The van der Waals surface area contributed by atoms with E-state index in [4.69, 9.17) is 4.74 Å². The number of aliphatic hydroxyl groups excluding tert-OH is 1. The topological polar surface area (TPSA) is 78.9 Å². The molecular weight excluding hydrogens is 272 g/mol. The molecule has 0 saturated carbocycles. The SMILES string of the molecule is CC(C)(C)OC(=O)Nc1ccc(N2CC(O)CC2=O)cc1. The molecule has 1 aliphatic heterocycles. The molecule has 0 aromatic heterocycles. The van der Waals surface area contributed by atoms with E-state index in [1.807, 2.05) is 0 Å². The van der Waals surface area contributed by atoms with E-state index in [9.17, 15) is 14.7 Å². The van der Waals surface area contributed by atoms with Gasteiger partial charge in [0.05, 0.1) is 19.1 Å². The fourth-order valence-electron chi connectivity index (χ4n) is 2.08. The molecule has 0 aliphatic carbocycles. The maximum Gasteiger partial charge on any atom is 0.412 e. The van der Waals surface area contributed by atoms with Crippen molar-refractivity contribution in [2.45, 2.75) is 38.9 Å². The first-order chi connectivity index (χ1) is 9.74. The Morgan fingerprint density at radius 2 is 1.95 bits per heavy atom. The van der Waals surface area contributed by atoms with E-state index in [1.54, 1.807) is 45.0 Å². The van der Waals surface area contributed by atoms with Gasteiger partial charge in [0.2, 0.25) is 5.91 Å². The normalized spacial score (nSPS) is 18.8. The molecule has 21 heavy (non-hydrogen) atoms. The third kappa shape index (κ3) is 4.19. The Kier molecular flexibility index (Phi) is 4.18. The maximum absolute atomic E-state index is 11.7. The lowest BCUT2D eigenvalue weighted by Gasteiger charge is -2.20. The second kappa shape index (κ2) is 5.73. The summed E-state index contributed by atoms with van der Waals surface area (Å²) in [7, 11) is 0. The van der Waals surface area contributed by atoms with Crippen molar-refractivity contribution >= 4 is 23.4 Å². The van der Waals surface area contributed by atoms with Crippen LogP contribution in [0.25, 0.3) is 0 Å². The molecule has 6 heteroatoms. The average molecular weight is 292 g/mol. The van der Waals surface area contributed by atoms with Crippen LogP contribution in [0, 0.1) is 0 Å². The van der Waals surface area contributed by atoms with Crippen molar-refractivity contribution < 1.29 is 19.4 Å². The molecule has 1 atom stereocenters. The molecule has 114 valence electrons. The van der Waals surface area contributed by atoms with Crippen molar-refractivity contribution in [3.05, 3.63) is 24.3 Å². The highest BCUT2D eigenvalue weighted by atomic mass is 16.6. The number of anilines is 2. The molecule has 1 unspecified atom stereocenters. The number of aliphatic hydroxyl groups is 1. The fourth-order valence-corrected chi connectivity index (χ4v) is 2.08. The highest BCUT2D eigenvalue weighted by molar-refractivity contribution is 5.96. The number of amides is 2. The van der Waals surface area contributed by atoms with Crippen LogP contribution in [0.5, 0.6) is 0 Å². The van der Waals surface area contributed by atoms with Crippen LogP contribution in [0.4, 0.5) is 16.2 Å². The minimum Gasteiger partial charge on any atom is -0.444 e. The first kappa shape index (κ1) is 15.3. The molecule has 1 heterocycles. The average Bonchev–Trinajstić information content (AvgIpc) is 2.67. The van der Waals surface area contributed by atoms with E-state index in [-0.39, 0.29) is 12.3 Å². The third-order valence-corrected chi connectivity index (χ3v) is 2.93. The van der Waals surface area contributed by atoms with Crippen LogP contribution < -0.4 is 10.2 Å². The van der Waals surface area contributed by atoms with Gasteiger partial charge < -0.3 is 14.7 Å². The molecule has 1 saturated heterocycles. The number of β-amino-alcohol motifs (C(OH)–C–C–N with tert-alkyl or cyclic N) is 1. The Hall–Kier alpha value is -2.08. The Labute approximate surface area is 123 Å². The van der Waals surface area contributed by atoms with Crippen LogP contribution in [0.15, 0.2) is 24.3 Å². The summed E-state index contributed by atoms with van der Waals surface area (Å²) in [5.41, 5.74) is 0.730. The molecule has 1 fully saturated rings. The zero-order chi connectivity index (χ0) is 15.6. The Morgan fingerprint density at radius 3 is 2.43 bits per heavy atom. The quantitative estimate of drug-likeness (QED) is 0.875. The van der Waals surface area contributed by atoms with Gasteiger partial charge in [-0.3, -0.25) is 10.1 Å². The second-order valence-electron chi connectivity index (χ2n) is 6.04. The predicted molar refractivity (Wildman–Crippen MR) is 79.3 cm³/mol. The van der Waals surface area contributed by atoms with E-state index in [1.165, 1.54) is 4.90 Å². The van der Waals surface area contributed by atoms with Gasteiger partial charge in [-0.2, -0.15) is 0 Å². The number of rotatable bonds is 2. The first-order valence-corrected chi connectivity index (χ1v) is 6.83. The van der Waals surface area contributed by atoms with Crippen molar-refractivity contribution in [3.63, 3.8) is 0 Å². The number of nitrogens with zero attached hydrogens (tertiary/aromatic N) is 1.